The van der Waals surface area contributed by atoms with Crippen molar-refractivity contribution in [3.05, 3.63) is 29.6 Å². The summed E-state index contributed by atoms with van der Waals surface area (Å²) in [6.45, 7) is 9.91. The predicted molar refractivity (Wildman–Crippen MR) is 71.5 cm³/mol. The second-order valence-corrected chi connectivity index (χ2v) is 6.34. The first-order valence-electron chi connectivity index (χ1n) is 6.24. The molecule has 102 valence electrons. The van der Waals surface area contributed by atoms with Crippen LogP contribution < -0.4 is 4.74 Å². The first kappa shape index (κ1) is 15.0. The van der Waals surface area contributed by atoms with Gasteiger partial charge in [0, 0.05) is 12.5 Å². The third kappa shape index (κ3) is 5.05. The third-order valence-electron chi connectivity index (χ3n) is 2.72. The van der Waals surface area contributed by atoms with Gasteiger partial charge in [-0.15, -0.1) is 0 Å². The Bertz CT molecular complexity index is 400. The van der Waals surface area contributed by atoms with Gasteiger partial charge in [-0.25, -0.2) is 4.39 Å². The number of hydrogen-bond acceptors (Lipinski definition) is 2. The third-order valence-corrected chi connectivity index (χ3v) is 2.72. The normalized spacial score (nSPS) is 12.6. The van der Waals surface area contributed by atoms with Crippen molar-refractivity contribution in [3.63, 3.8) is 0 Å². The van der Waals surface area contributed by atoms with Gasteiger partial charge in [-0.1, -0.05) is 20.8 Å². The summed E-state index contributed by atoms with van der Waals surface area (Å²) in [6, 6.07) is 4.76. The molecule has 18 heavy (non-hydrogen) atoms. The Kier molecular flexibility index (Phi) is 4.38. The molecule has 3 heteroatoms. The van der Waals surface area contributed by atoms with E-state index in [9.17, 15) is 9.50 Å². The topological polar surface area (TPSA) is 29.5 Å². The van der Waals surface area contributed by atoms with Crippen molar-refractivity contribution in [2.24, 2.45) is 0 Å². The molecule has 0 radical (unpaired) electrons. The van der Waals surface area contributed by atoms with E-state index in [1.54, 1.807) is 13.8 Å². The fraction of sp³-hybridized carbons (Fsp3) is 0.600. The van der Waals surface area contributed by atoms with Gasteiger partial charge in [0.15, 0.2) is 0 Å². The summed E-state index contributed by atoms with van der Waals surface area (Å²) in [5.41, 5.74) is 0.0251. The van der Waals surface area contributed by atoms with Crippen LogP contribution in [0, 0.1) is 5.82 Å². The highest BCUT2D eigenvalue weighted by Crippen LogP contribution is 2.27. The molecule has 0 bridgehead atoms. The molecule has 0 saturated heterocycles. The number of hydrogen-bond donors (Lipinski definition) is 1. The van der Waals surface area contributed by atoms with Gasteiger partial charge in [0.25, 0.3) is 0 Å². The first-order valence-corrected chi connectivity index (χ1v) is 6.24. The molecule has 0 unspecified atom stereocenters. The summed E-state index contributed by atoms with van der Waals surface area (Å²) in [7, 11) is 0. The molecule has 2 nitrogen and oxygen atoms in total. The molecule has 0 fully saturated rings. The lowest BCUT2D eigenvalue weighted by atomic mass is 9.87. The Balaban J connectivity index is 2.75. The quantitative estimate of drug-likeness (QED) is 0.888. The van der Waals surface area contributed by atoms with Gasteiger partial charge in [-0.05, 0) is 37.0 Å². The largest absolute Gasteiger partial charge is 0.493 e. The van der Waals surface area contributed by atoms with E-state index >= 15 is 0 Å². The van der Waals surface area contributed by atoms with Gasteiger partial charge in [0.2, 0.25) is 0 Å². The molecule has 1 aromatic rings. The molecule has 0 spiro atoms. The van der Waals surface area contributed by atoms with E-state index < -0.39 is 5.60 Å². The average Bonchev–Trinajstić information content (AvgIpc) is 2.13. The summed E-state index contributed by atoms with van der Waals surface area (Å²) < 4.78 is 19.0. The van der Waals surface area contributed by atoms with Gasteiger partial charge in [0.05, 0.1) is 12.2 Å². The van der Waals surface area contributed by atoms with E-state index in [1.807, 2.05) is 26.8 Å². The van der Waals surface area contributed by atoms with E-state index in [-0.39, 0.29) is 11.2 Å². The van der Waals surface area contributed by atoms with Crippen LogP contribution in [0.3, 0.4) is 0 Å². The molecule has 1 aromatic carbocycles. The van der Waals surface area contributed by atoms with Gasteiger partial charge in [-0.3, -0.25) is 0 Å². The monoisotopic (exact) mass is 254 g/mol. The zero-order chi connectivity index (χ0) is 14.0. The number of rotatable bonds is 4. The molecular weight excluding hydrogens is 231 g/mol. The first-order chi connectivity index (χ1) is 8.08. The van der Waals surface area contributed by atoms with Crippen LogP contribution in [-0.2, 0) is 5.41 Å². The van der Waals surface area contributed by atoms with E-state index in [0.29, 0.717) is 18.8 Å². The van der Waals surface area contributed by atoms with Crippen molar-refractivity contribution in [3.8, 4) is 5.75 Å². The maximum atomic E-state index is 13.5. The van der Waals surface area contributed by atoms with Crippen LogP contribution in [0.5, 0.6) is 5.75 Å². The Morgan fingerprint density at radius 2 is 1.72 bits per heavy atom. The van der Waals surface area contributed by atoms with Crippen LogP contribution in [0.4, 0.5) is 4.39 Å². The molecule has 0 aliphatic rings. The van der Waals surface area contributed by atoms with Gasteiger partial charge < -0.3 is 9.84 Å². The molecule has 1 N–H and O–H groups in total. The minimum Gasteiger partial charge on any atom is -0.493 e. The number of benzene rings is 1. The maximum Gasteiger partial charge on any atom is 0.127 e. The Morgan fingerprint density at radius 1 is 1.11 bits per heavy atom. The van der Waals surface area contributed by atoms with Gasteiger partial charge >= 0.3 is 0 Å². The summed E-state index contributed by atoms with van der Waals surface area (Å²) in [5, 5.41) is 9.58. The zero-order valence-corrected chi connectivity index (χ0v) is 11.9. The molecular formula is C15H23FO2. The van der Waals surface area contributed by atoms with Crippen molar-refractivity contribution in [1.29, 1.82) is 0 Å². The number of aliphatic hydroxyl groups is 1. The molecule has 0 heterocycles. The van der Waals surface area contributed by atoms with E-state index in [1.165, 1.54) is 12.1 Å². The second kappa shape index (κ2) is 5.27. The molecule has 0 aliphatic carbocycles. The Hall–Kier alpha value is -1.09. The summed E-state index contributed by atoms with van der Waals surface area (Å²) in [5.74, 6) is 0.227. The van der Waals surface area contributed by atoms with Crippen LogP contribution >= 0.6 is 0 Å². The average molecular weight is 254 g/mol. The van der Waals surface area contributed by atoms with Crippen LogP contribution in [0.25, 0.3) is 0 Å². The van der Waals surface area contributed by atoms with E-state index in [0.717, 1.165) is 5.56 Å². The highest BCUT2D eigenvalue weighted by molar-refractivity contribution is 5.33. The molecule has 0 saturated carbocycles. The van der Waals surface area contributed by atoms with Crippen LogP contribution in [-0.4, -0.2) is 17.3 Å². The van der Waals surface area contributed by atoms with Crippen LogP contribution in [0.2, 0.25) is 0 Å². The highest BCUT2D eigenvalue weighted by atomic mass is 19.1. The van der Waals surface area contributed by atoms with Crippen molar-refractivity contribution < 1.29 is 14.2 Å². The van der Waals surface area contributed by atoms with Crippen LogP contribution in [0.15, 0.2) is 18.2 Å². The zero-order valence-electron chi connectivity index (χ0n) is 11.9. The molecule has 0 aliphatic heterocycles. The van der Waals surface area contributed by atoms with Crippen LogP contribution in [0.1, 0.15) is 46.6 Å². The van der Waals surface area contributed by atoms with E-state index in [4.69, 9.17) is 4.74 Å². The Labute approximate surface area is 109 Å². The lowest BCUT2D eigenvalue weighted by Crippen LogP contribution is -2.22. The minimum atomic E-state index is -0.764. The van der Waals surface area contributed by atoms with Gasteiger partial charge in [0.1, 0.15) is 11.6 Å². The lowest BCUT2D eigenvalue weighted by Gasteiger charge is -2.21. The van der Waals surface area contributed by atoms with Crippen molar-refractivity contribution in [2.75, 3.05) is 6.61 Å². The molecule has 0 aromatic heterocycles. The van der Waals surface area contributed by atoms with E-state index in [2.05, 4.69) is 0 Å². The maximum absolute atomic E-state index is 13.5. The summed E-state index contributed by atoms with van der Waals surface area (Å²) >= 11 is 0. The number of ether oxygens (including phenoxy) is 1. The highest BCUT2D eigenvalue weighted by Gasteiger charge is 2.17. The molecule has 0 amide bonds. The van der Waals surface area contributed by atoms with Crippen molar-refractivity contribution in [2.45, 2.75) is 52.1 Å². The fourth-order valence-corrected chi connectivity index (χ4v) is 1.50. The molecule has 1 rings (SSSR count). The van der Waals surface area contributed by atoms with Crippen molar-refractivity contribution >= 4 is 0 Å². The van der Waals surface area contributed by atoms with Gasteiger partial charge in [-0.2, -0.15) is 0 Å². The summed E-state index contributed by atoms with van der Waals surface area (Å²) in [6.07, 6.45) is 0.508. The Morgan fingerprint density at radius 3 is 2.22 bits per heavy atom. The molecule has 0 atom stereocenters. The van der Waals surface area contributed by atoms with Crippen molar-refractivity contribution in [1.82, 2.24) is 0 Å². The smallest absolute Gasteiger partial charge is 0.127 e. The fourth-order valence-electron chi connectivity index (χ4n) is 1.50. The lowest BCUT2D eigenvalue weighted by molar-refractivity contribution is 0.0553. The second-order valence-electron chi connectivity index (χ2n) is 6.34. The predicted octanol–water partition coefficient (Wildman–Crippen LogP) is 3.66. The SMILES string of the molecule is CC(C)(O)CCOc1cc(F)cc(C(C)(C)C)c1. The number of halogens is 1. The summed E-state index contributed by atoms with van der Waals surface area (Å²) in [4.78, 5) is 0. The standard InChI is InChI=1S/C15H23FO2/c1-14(2,3)11-8-12(16)10-13(9-11)18-7-6-15(4,5)17/h8-10,17H,6-7H2,1-5H3. The minimum absolute atomic E-state index is 0.115.